The molecule has 1 saturated heterocycles. The van der Waals surface area contributed by atoms with Crippen molar-refractivity contribution in [3.63, 3.8) is 0 Å². The van der Waals surface area contributed by atoms with Gasteiger partial charge in [0.05, 0.1) is 17.6 Å². The molecule has 0 aromatic carbocycles. The highest BCUT2D eigenvalue weighted by molar-refractivity contribution is 8.04. The van der Waals surface area contributed by atoms with E-state index in [0.717, 1.165) is 29.8 Å². The Morgan fingerprint density at radius 1 is 1.34 bits per heavy atom. The zero-order valence-electron chi connectivity index (χ0n) is 17.2. The number of thioether (sulfide) groups is 1. The second kappa shape index (κ2) is 9.73. The van der Waals surface area contributed by atoms with Crippen LogP contribution >= 0.6 is 11.8 Å². The number of ether oxygens (including phenoxy) is 2. The Hall–Kier alpha value is -3.54. The maximum absolute atomic E-state index is 12.7. The van der Waals surface area contributed by atoms with Gasteiger partial charge in [-0.05, 0) is 12.1 Å². The average Bonchev–Trinajstić information content (AvgIpc) is 3.26. The van der Waals surface area contributed by atoms with E-state index in [1.165, 1.54) is 6.26 Å². The van der Waals surface area contributed by atoms with E-state index in [-0.39, 0.29) is 23.3 Å². The summed E-state index contributed by atoms with van der Waals surface area (Å²) in [5.74, 6) is -3.34. The van der Waals surface area contributed by atoms with Crippen LogP contribution < -0.4 is 5.32 Å². The van der Waals surface area contributed by atoms with E-state index in [1.54, 1.807) is 19.1 Å². The number of fused-ring (bicyclic) bond motifs is 1. The molecule has 2 amide bonds. The van der Waals surface area contributed by atoms with Crippen LogP contribution in [0.3, 0.4) is 0 Å². The number of carboxylic acid groups (broad SMARTS) is 1. The van der Waals surface area contributed by atoms with Crippen molar-refractivity contribution in [2.45, 2.75) is 38.1 Å². The van der Waals surface area contributed by atoms with E-state index in [2.05, 4.69) is 5.32 Å². The second-order valence-corrected chi connectivity index (χ2v) is 7.91. The quantitative estimate of drug-likeness (QED) is 0.323. The molecule has 3 rings (SSSR count). The molecule has 2 atom stereocenters. The first-order chi connectivity index (χ1) is 15.2. The molecule has 2 N–H and O–H groups in total. The number of carbonyl (C=O) groups is 5. The molecule has 1 aromatic rings. The molecule has 0 radical (unpaired) electrons. The standard InChI is InChI=1S/C20H20N2O9S/c1-3-15(25)31-9-13-12(8-30-10(2)23)17(20(27)28)22-18(26)16(19(22)32-13)21-14(24)7-11-5-4-6-29-11/h4-6,9,16,19H,3,7-8H2,1-2H3,(H,21,24)(H,27,28)/t16?,19-/m0/s1. The van der Waals surface area contributed by atoms with Crippen LogP contribution in [-0.4, -0.2) is 57.8 Å². The van der Waals surface area contributed by atoms with Crippen LogP contribution in [0.4, 0.5) is 0 Å². The third-order valence-electron chi connectivity index (χ3n) is 4.55. The molecular weight excluding hydrogens is 444 g/mol. The van der Waals surface area contributed by atoms with Gasteiger partial charge in [0, 0.05) is 18.9 Å². The first kappa shape index (κ1) is 23.1. The van der Waals surface area contributed by atoms with Gasteiger partial charge in [0.1, 0.15) is 35.7 Å². The van der Waals surface area contributed by atoms with Gasteiger partial charge in [-0.15, -0.1) is 0 Å². The summed E-state index contributed by atoms with van der Waals surface area (Å²) in [6.07, 6.45) is 2.48. The van der Waals surface area contributed by atoms with Crippen LogP contribution in [0.25, 0.3) is 0 Å². The maximum atomic E-state index is 12.7. The Balaban J connectivity index is 1.88. The molecule has 1 aromatic heterocycles. The summed E-state index contributed by atoms with van der Waals surface area (Å²) in [5.41, 5.74) is -0.401. The molecule has 1 unspecified atom stereocenters. The largest absolute Gasteiger partial charge is 0.477 e. The predicted molar refractivity (Wildman–Crippen MR) is 108 cm³/mol. The van der Waals surface area contributed by atoms with Crippen LogP contribution in [0.1, 0.15) is 26.0 Å². The van der Waals surface area contributed by atoms with Crippen LogP contribution in [0, 0.1) is 0 Å². The lowest BCUT2D eigenvalue weighted by atomic mass is 10.0. The Kier molecular flexibility index (Phi) is 7.03. The van der Waals surface area contributed by atoms with Gasteiger partial charge in [-0.3, -0.25) is 24.1 Å². The molecular formula is C20H20N2O9S. The van der Waals surface area contributed by atoms with Gasteiger partial charge in [0.25, 0.3) is 5.91 Å². The van der Waals surface area contributed by atoms with Gasteiger partial charge in [0.15, 0.2) is 0 Å². The first-order valence-electron chi connectivity index (χ1n) is 9.54. The lowest BCUT2D eigenvalue weighted by Gasteiger charge is -2.49. The number of aliphatic carboxylic acids is 1. The summed E-state index contributed by atoms with van der Waals surface area (Å²) in [4.78, 5) is 61.1. The van der Waals surface area contributed by atoms with Crippen molar-refractivity contribution in [3.8, 4) is 0 Å². The van der Waals surface area contributed by atoms with Gasteiger partial charge in [-0.2, -0.15) is 0 Å². The monoisotopic (exact) mass is 464 g/mol. The van der Waals surface area contributed by atoms with Crippen LogP contribution in [0.5, 0.6) is 0 Å². The lowest BCUT2D eigenvalue weighted by Crippen LogP contribution is -2.70. The number of hydrogen-bond acceptors (Lipinski definition) is 9. The predicted octanol–water partition coefficient (Wildman–Crippen LogP) is 0.918. The topological polar surface area (TPSA) is 152 Å². The van der Waals surface area contributed by atoms with Crippen molar-refractivity contribution in [2.24, 2.45) is 0 Å². The summed E-state index contributed by atoms with van der Waals surface area (Å²) < 4.78 is 15.1. The number of hydrogen-bond donors (Lipinski definition) is 2. The second-order valence-electron chi connectivity index (χ2n) is 6.76. The van der Waals surface area contributed by atoms with Crippen molar-refractivity contribution in [1.29, 1.82) is 0 Å². The highest BCUT2D eigenvalue weighted by Gasteiger charge is 2.55. The van der Waals surface area contributed by atoms with E-state index < -0.39 is 53.4 Å². The SMILES string of the molecule is CCC(=O)OC=C1S[C@H]2C(NC(=O)Cc3ccco3)C(=O)N2C(C(=O)O)=C1COC(C)=O. The molecule has 32 heavy (non-hydrogen) atoms. The number of furan rings is 1. The fourth-order valence-electron chi connectivity index (χ4n) is 3.06. The Bertz CT molecular complexity index is 1010. The molecule has 1 fully saturated rings. The molecule has 2 aliphatic rings. The number of carboxylic acids is 1. The smallest absolute Gasteiger partial charge is 0.353 e. The fourth-order valence-corrected chi connectivity index (χ4v) is 4.36. The minimum Gasteiger partial charge on any atom is -0.477 e. The molecule has 3 heterocycles. The van der Waals surface area contributed by atoms with E-state index in [1.807, 2.05) is 0 Å². The molecule has 0 saturated carbocycles. The third-order valence-corrected chi connectivity index (χ3v) is 5.88. The number of nitrogens with one attached hydrogen (secondary N) is 1. The van der Waals surface area contributed by atoms with E-state index in [0.29, 0.717) is 5.76 Å². The van der Waals surface area contributed by atoms with Crippen LogP contribution in [-0.2, 0) is 39.9 Å². The molecule has 0 aliphatic carbocycles. The Morgan fingerprint density at radius 3 is 2.69 bits per heavy atom. The third kappa shape index (κ3) is 4.85. The van der Waals surface area contributed by atoms with Crippen LogP contribution in [0.15, 0.2) is 45.3 Å². The summed E-state index contributed by atoms with van der Waals surface area (Å²) >= 11 is 1.01. The minimum absolute atomic E-state index is 0.00608. The molecule has 12 heteroatoms. The summed E-state index contributed by atoms with van der Waals surface area (Å²) in [7, 11) is 0. The van der Waals surface area contributed by atoms with Crippen molar-refractivity contribution in [2.75, 3.05) is 6.61 Å². The molecule has 170 valence electrons. The number of carbonyl (C=O) groups excluding carboxylic acids is 4. The molecule has 0 spiro atoms. The molecule has 0 bridgehead atoms. The van der Waals surface area contributed by atoms with Gasteiger partial charge < -0.3 is 24.3 Å². The average molecular weight is 464 g/mol. The van der Waals surface area contributed by atoms with Crippen molar-refractivity contribution in [3.05, 3.63) is 46.6 Å². The van der Waals surface area contributed by atoms with E-state index in [4.69, 9.17) is 13.9 Å². The highest BCUT2D eigenvalue weighted by Crippen LogP contribution is 2.46. The fraction of sp³-hybridized carbons (Fsp3) is 0.350. The number of amides is 2. The number of nitrogens with zero attached hydrogens (tertiary/aromatic N) is 1. The summed E-state index contributed by atoms with van der Waals surface area (Å²) in [6, 6.07) is 2.23. The zero-order valence-corrected chi connectivity index (χ0v) is 18.0. The van der Waals surface area contributed by atoms with Gasteiger partial charge >= 0.3 is 17.9 Å². The van der Waals surface area contributed by atoms with Crippen molar-refractivity contribution in [1.82, 2.24) is 10.2 Å². The molecule has 11 nitrogen and oxygen atoms in total. The van der Waals surface area contributed by atoms with Crippen molar-refractivity contribution < 1.29 is 43.0 Å². The number of rotatable bonds is 8. The first-order valence-corrected chi connectivity index (χ1v) is 10.4. The zero-order chi connectivity index (χ0) is 23.4. The van der Waals surface area contributed by atoms with E-state index in [9.17, 15) is 29.1 Å². The summed E-state index contributed by atoms with van der Waals surface area (Å²) in [6.45, 7) is 2.30. The van der Waals surface area contributed by atoms with Gasteiger partial charge in [-0.25, -0.2) is 4.79 Å². The van der Waals surface area contributed by atoms with Crippen LogP contribution in [0.2, 0.25) is 0 Å². The van der Waals surface area contributed by atoms with Gasteiger partial charge in [0.2, 0.25) is 5.91 Å². The Morgan fingerprint density at radius 2 is 2.09 bits per heavy atom. The van der Waals surface area contributed by atoms with Crippen molar-refractivity contribution >= 4 is 41.5 Å². The minimum atomic E-state index is -1.43. The van der Waals surface area contributed by atoms with E-state index >= 15 is 0 Å². The normalized spacial score (nSPS) is 21.0. The Labute approximate surface area is 186 Å². The lowest BCUT2D eigenvalue weighted by molar-refractivity contribution is -0.150. The number of esters is 2. The number of β-lactam (4-membered cyclic amide) rings is 1. The summed E-state index contributed by atoms with van der Waals surface area (Å²) in [5, 5.41) is 11.5. The molecule has 2 aliphatic heterocycles. The van der Waals surface area contributed by atoms with Gasteiger partial charge in [-0.1, -0.05) is 18.7 Å². The highest BCUT2D eigenvalue weighted by atomic mass is 32.2. The maximum Gasteiger partial charge on any atom is 0.353 e.